The van der Waals surface area contributed by atoms with E-state index in [9.17, 15) is 5.11 Å². The molecule has 2 aromatic rings. The Morgan fingerprint density at radius 2 is 1.71 bits per heavy atom. The van der Waals surface area contributed by atoms with Crippen molar-refractivity contribution in [3.05, 3.63) is 67.6 Å². The van der Waals surface area contributed by atoms with Crippen LogP contribution in [0.5, 0.6) is 0 Å². The predicted octanol–water partition coefficient (Wildman–Crippen LogP) is 4.95. The van der Waals surface area contributed by atoms with Crippen LogP contribution in [-0.4, -0.2) is 5.11 Å². The lowest BCUT2D eigenvalue weighted by Crippen LogP contribution is -2.01. The summed E-state index contributed by atoms with van der Waals surface area (Å²) in [4.78, 5) is 0. The van der Waals surface area contributed by atoms with E-state index in [0.717, 1.165) is 14.5 Å². The molecule has 0 aromatic heterocycles. The highest BCUT2D eigenvalue weighted by atomic mass is 79.9. The number of rotatable bonds is 2. The maximum absolute atomic E-state index is 10.3. The largest absolute Gasteiger partial charge is 0.384 e. The summed E-state index contributed by atoms with van der Waals surface area (Å²) in [6, 6.07) is 12.9. The number of hydrogen-bond acceptors (Lipinski definition) is 1. The third-order valence-corrected chi connectivity index (χ3v) is 3.98. The lowest BCUT2D eigenvalue weighted by atomic mass is 10.0. The Hall–Kier alpha value is -0.350. The number of benzene rings is 2. The predicted molar refractivity (Wildman–Crippen MR) is 77.4 cm³/mol. The van der Waals surface area contributed by atoms with E-state index < -0.39 is 6.10 Å². The quantitative estimate of drug-likeness (QED) is 0.787. The van der Waals surface area contributed by atoms with Crippen LogP contribution in [0.25, 0.3) is 0 Å². The Labute approximate surface area is 122 Å². The molecule has 0 saturated heterocycles. The summed E-state index contributed by atoms with van der Waals surface area (Å²) in [5, 5.41) is 10.9. The fourth-order valence-corrected chi connectivity index (χ4v) is 3.09. The van der Waals surface area contributed by atoms with Crippen LogP contribution in [-0.2, 0) is 0 Å². The first-order valence-electron chi connectivity index (χ1n) is 4.97. The van der Waals surface area contributed by atoms with Gasteiger partial charge < -0.3 is 5.11 Å². The maximum atomic E-state index is 10.3. The molecule has 17 heavy (non-hydrogen) atoms. The molecular formula is C13H9Br2ClO. The van der Waals surface area contributed by atoms with Gasteiger partial charge in [0.25, 0.3) is 0 Å². The van der Waals surface area contributed by atoms with Crippen molar-refractivity contribution in [3.63, 3.8) is 0 Å². The number of hydrogen-bond donors (Lipinski definition) is 1. The Balaban J connectivity index is 2.44. The number of halogens is 3. The first kappa shape index (κ1) is 13.1. The minimum atomic E-state index is -0.730. The van der Waals surface area contributed by atoms with Crippen LogP contribution in [0.4, 0.5) is 0 Å². The molecule has 1 nitrogen and oxygen atoms in total. The minimum Gasteiger partial charge on any atom is -0.384 e. The second-order valence-corrected chi connectivity index (χ2v) is 5.77. The highest BCUT2D eigenvalue weighted by Gasteiger charge is 2.16. The Morgan fingerprint density at radius 3 is 2.35 bits per heavy atom. The van der Waals surface area contributed by atoms with Crippen molar-refractivity contribution in [2.24, 2.45) is 0 Å². The van der Waals surface area contributed by atoms with Crippen LogP contribution >= 0.6 is 43.5 Å². The highest BCUT2D eigenvalue weighted by molar-refractivity contribution is 9.11. The van der Waals surface area contributed by atoms with Crippen molar-refractivity contribution in [3.8, 4) is 0 Å². The van der Waals surface area contributed by atoms with E-state index in [1.54, 1.807) is 6.07 Å². The van der Waals surface area contributed by atoms with Crippen molar-refractivity contribution < 1.29 is 5.11 Å². The van der Waals surface area contributed by atoms with Crippen molar-refractivity contribution in [1.82, 2.24) is 0 Å². The van der Waals surface area contributed by atoms with Crippen LogP contribution in [0.15, 0.2) is 51.4 Å². The van der Waals surface area contributed by atoms with Gasteiger partial charge in [-0.1, -0.05) is 67.7 Å². The molecule has 0 amide bonds. The molecule has 1 unspecified atom stereocenters. The fourth-order valence-electron chi connectivity index (χ4n) is 1.59. The number of aliphatic hydroxyl groups is 1. The molecule has 0 aliphatic heterocycles. The minimum absolute atomic E-state index is 0.565. The standard InChI is InChI=1S/C13H9Br2ClO/c14-8-5-6-9(11(15)7-8)13(17)10-3-1-2-4-12(10)16/h1-7,13,17H. The van der Waals surface area contributed by atoms with Gasteiger partial charge in [-0.05, 0) is 23.8 Å². The van der Waals surface area contributed by atoms with Gasteiger partial charge in [-0.15, -0.1) is 0 Å². The van der Waals surface area contributed by atoms with Gasteiger partial charge in [-0.2, -0.15) is 0 Å². The monoisotopic (exact) mass is 374 g/mol. The average Bonchev–Trinajstić information content (AvgIpc) is 2.29. The smallest absolute Gasteiger partial charge is 0.107 e. The fraction of sp³-hybridized carbons (Fsp3) is 0.0769. The normalized spacial score (nSPS) is 12.5. The zero-order valence-electron chi connectivity index (χ0n) is 8.70. The average molecular weight is 376 g/mol. The van der Waals surface area contributed by atoms with Gasteiger partial charge in [0.2, 0.25) is 0 Å². The Kier molecular flexibility index (Phi) is 4.26. The molecular weight excluding hydrogens is 367 g/mol. The molecule has 0 heterocycles. The van der Waals surface area contributed by atoms with E-state index in [2.05, 4.69) is 31.9 Å². The molecule has 0 spiro atoms. The van der Waals surface area contributed by atoms with Crippen LogP contribution in [0, 0.1) is 0 Å². The lowest BCUT2D eigenvalue weighted by molar-refractivity contribution is 0.219. The highest BCUT2D eigenvalue weighted by Crippen LogP contribution is 2.33. The van der Waals surface area contributed by atoms with Gasteiger partial charge in [0.15, 0.2) is 0 Å². The summed E-state index contributed by atoms with van der Waals surface area (Å²) in [6.45, 7) is 0. The SMILES string of the molecule is OC(c1ccccc1Cl)c1ccc(Br)cc1Br. The topological polar surface area (TPSA) is 20.2 Å². The summed E-state index contributed by atoms with van der Waals surface area (Å²) in [7, 11) is 0. The summed E-state index contributed by atoms with van der Waals surface area (Å²) in [5.41, 5.74) is 1.50. The molecule has 1 atom stereocenters. The summed E-state index contributed by atoms with van der Waals surface area (Å²) >= 11 is 12.9. The van der Waals surface area contributed by atoms with Gasteiger partial charge >= 0.3 is 0 Å². The van der Waals surface area contributed by atoms with Gasteiger partial charge in [0.05, 0.1) is 0 Å². The molecule has 0 saturated carbocycles. The first-order chi connectivity index (χ1) is 8.09. The van der Waals surface area contributed by atoms with Gasteiger partial charge in [0.1, 0.15) is 6.10 Å². The van der Waals surface area contributed by atoms with E-state index in [1.165, 1.54) is 0 Å². The van der Waals surface area contributed by atoms with E-state index in [4.69, 9.17) is 11.6 Å². The van der Waals surface area contributed by atoms with Crippen molar-refractivity contribution in [2.45, 2.75) is 6.10 Å². The van der Waals surface area contributed by atoms with E-state index >= 15 is 0 Å². The van der Waals surface area contributed by atoms with Gasteiger partial charge in [-0.25, -0.2) is 0 Å². The second-order valence-electron chi connectivity index (χ2n) is 3.59. The third kappa shape index (κ3) is 2.91. The molecule has 4 heteroatoms. The number of aliphatic hydroxyl groups excluding tert-OH is 1. The summed E-state index contributed by atoms with van der Waals surface area (Å²) in [6.07, 6.45) is -0.730. The van der Waals surface area contributed by atoms with Gasteiger partial charge in [-0.3, -0.25) is 0 Å². The third-order valence-electron chi connectivity index (χ3n) is 2.46. The molecule has 0 radical (unpaired) electrons. The van der Waals surface area contributed by atoms with Crippen molar-refractivity contribution in [1.29, 1.82) is 0 Å². The lowest BCUT2D eigenvalue weighted by Gasteiger charge is -2.14. The second kappa shape index (κ2) is 5.53. The molecule has 2 rings (SSSR count). The maximum Gasteiger partial charge on any atom is 0.107 e. The first-order valence-corrected chi connectivity index (χ1v) is 6.93. The molecule has 0 aliphatic rings. The van der Waals surface area contributed by atoms with Crippen LogP contribution in [0.1, 0.15) is 17.2 Å². The van der Waals surface area contributed by atoms with Crippen LogP contribution < -0.4 is 0 Å². The van der Waals surface area contributed by atoms with Crippen molar-refractivity contribution in [2.75, 3.05) is 0 Å². The zero-order valence-corrected chi connectivity index (χ0v) is 12.6. The van der Waals surface area contributed by atoms with E-state index in [0.29, 0.717) is 10.6 Å². The molecule has 0 bridgehead atoms. The molecule has 0 aliphatic carbocycles. The van der Waals surface area contributed by atoms with Crippen LogP contribution in [0.2, 0.25) is 5.02 Å². The molecule has 88 valence electrons. The molecule has 1 N–H and O–H groups in total. The van der Waals surface area contributed by atoms with E-state index in [-0.39, 0.29) is 0 Å². The van der Waals surface area contributed by atoms with Crippen molar-refractivity contribution >= 4 is 43.5 Å². The Morgan fingerprint density at radius 1 is 1.00 bits per heavy atom. The summed E-state index contributed by atoms with van der Waals surface area (Å²) < 4.78 is 1.80. The molecule has 0 fully saturated rings. The Bertz CT molecular complexity index is 543. The van der Waals surface area contributed by atoms with E-state index in [1.807, 2.05) is 36.4 Å². The molecule has 2 aromatic carbocycles. The van der Waals surface area contributed by atoms with Crippen LogP contribution in [0.3, 0.4) is 0 Å². The summed E-state index contributed by atoms with van der Waals surface area (Å²) in [5.74, 6) is 0. The zero-order chi connectivity index (χ0) is 12.4. The van der Waals surface area contributed by atoms with Gasteiger partial charge in [0, 0.05) is 19.5 Å².